The van der Waals surface area contributed by atoms with Crippen molar-refractivity contribution in [2.75, 3.05) is 11.4 Å². The molecule has 1 N–H and O–H groups in total. The van der Waals surface area contributed by atoms with Crippen molar-refractivity contribution in [3.63, 3.8) is 0 Å². The molecule has 3 rings (SSSR count). The normalized spacial score (nSPS) is 28.7. The van der Waals surface area contributed by atoms with Gasteiger partial charge in [0.1, 0.15) is 0 Å². The molecule has 21 heavy (non-hydrogen) atoms. The number of carbonyl (C=O) groups is 1. The summed E-state index contributed by atoms with van der Waals surface area (Å²) in [4.78, 5) is 14.8. The second-order valence-corrected chi connectivity index (χ2v) is 6.37. The number of amides is 1. The van der Waals surface area contributed by atoms with E-state index < -0.39 is 0 Å². The lowest BCUT2D eigenvalue weighted by Gasteiger charge is -2.41. The molecule has 2 fully saturated rings. The van der Waals surface area contributed by atoms with Crippen LogP contribution in [0.25, 0.3) is 0 Å². The van der Waals surface area contributed by atoms with Gasteiger partial charge >= 0.3 is 0 Å². The molecule has 0 radical (unpaired) electrons. The van der Waals surface area contributed by atoms with Crippen LogP contribution in [0.3, 0.4) is 0 Å². The van der Waals surface area contributed by atoms with Crippen LogP contribution in [0.2, 0.25) is 0 Å². The van der Waals surface area contributed by atoms with E-state index in [-0.39, 0.29) is 11.9 Å². The summed E-state index contributed by atoms with van der Waals surface area (Å²) >= 11 is 0. The molecule has 3 unspecified atom stereocenters. The summed E-state index contributed by atoms with van der Waals surface area (Å²) in [7, 11) is 0. The average molecular weight is 286 g/mol. The van der Waals surface area contributed by atoms with E-state index in [4.69, 9.17) is 0 Å². The molecule has 1 heterocycles. The Morgan fingerprint density at radius 1 is 1.14 bits per heavy atom. The first-order valence-corrected chi connectivity index (χ1v) is 8.42. The molecule has 3 heteroatoms. The number of para-hydroxylation sites is 1. The van der Waals surface area contributed by atoms with Crippen molar-refractivity contribution in [2.45, 2.75) is 57.5 Å². The lowest BCUT2D eigenvalue weighted by Crippen LogP contribution is -2.55. The Balaban J connectivity index is 1.69. The van der Waals surface area contributed by atoms with Gasteiger partial charge in [0.15, 0.2) is 0 Å². The molecule has 1 amide bonds. The third kappa shape index (κ3) is 3.13. The van der Waals surface area contributed by atoms with Gasteiger partial charge in [0.25, 0.3) is 0 Å². The molecule has 114 valence electrons. The number of hydrogen-bond acceptors (Lipinski definition) is 2. The first kappa shape index (κ1) is 14.6. The molecule has 1 saturated carbocycles. The van der Waals surface area contributed by atoms with Crippen LogP contribution in [0.15, 0.2) is 30.3 Å². The number of piperidine rings is 1. The van der Waals surface area contributed by atoms with Crippen molar-refractivity contribution >= 4 is 11.6 Å². The fourth-order valence-corrected chi connectivity index (χ4v) is 3.95. The highest BCUT2D eigenvalue weighted by Crippen LogP contribution is 2.32. The maximum atomic E-state index is 12.9. The second kappa shape index (κ2) is 6.61. The first-order chi connectivity index (χ1) is 10.3. The van der Waals surface area contributed by atoms with E-state index in [1.807, 2.05) is 35.2 Å². The highest BCUT2D eigenvalue weighted by atomic mass is 16.2. The van der Waals surface area contributed by atoms with Crippen molar-refractivity contribution in [1.29, 1.82) is 0 Å². The van der Waals surface area contributed by atoms with E-state index >= 15 is 0 Å². The zero-order valence-corrected chi connectivity index (χ0v) is 12.9. The van der Waals surface area contributed by atoms with E-state index in [1.54, 1.807) is 0 Å². The number of anilines is 1. The number of nitrogens with one attached hydrogen (secondary N) is 1. The van der Waals surface area contributed by atoms with Crippen molar-refractivity contribution in [3.8, 4) is 0 Å². The van der Waals surface area contributed by atoms with Crippen molar-refractivity contribution in [3.05, 3.63) is 30.3 Å². The lowest BCUT2D eigenvalue weighted by molar-refractivity contribution is -0.121. The van der Waals surface area contributed by atoms with Crippen LogP contribution >= 0.6 is 0 Å². The fourth-order valence-electron chi connectivity index (χ4n) is 3.95. The Morgan fingerprint density at radius 3 is 2.67 bits per heavy atom. The summed E-state index contributed by atoms with van der Waals surface area (Å²) < 4.78 is 0. The number of hydrogen-bond donors (Lipinski definition) is 1. The average Bonchev–Trinajstić information content (AvgIpc) is 2.56. The molecule has 3 nitrogen and oxygen atoms in total. The third-order valence-electron chi connectivity index (χ3n) is 5.10. The number of rotatable bonds is 3. The molecule has 2 aliphatic rings. The predicted octanol–water partition coefficient (Wildman–Crippen LogP) is 3.35. The fraction of sp³-hybridized carbons (Fsp3) is 0.611. The van der Waals surface area contributed by atoms with Crippen molar-refractivity contribution in [2.24, 2.45) is 5.92 Å². The van der Waals surface area contributed by atoms with Gasteiger partial charge in [-0.05, 0) is 50.7 Å². The molecule has 0 aromatic heterocycles. The van der Waals surface area contributed by atoms with Gasteiger partial charge in [-0.15, -0.1) is 0 Å². The molecule has 1 aromatic carbocycles. The summed E-state index contributed by atoms with van der Waals surface area (Å²) in [6.07, 6.45) is 7.46. The van der Waals surface area contributed by atoms with Crippen LogP contribution in [-0.4, -0.2) is 24.5 Å². The SMILES string of the molecule is CCN(C(=O)C1CCC2CCCCC2N1)c1ccccc1. The van der Waals surface area contributed by atoms with Gasteiger partial charge in [-0.1, -0.05) is 31.0 Å². The zero-order chi connectivity index (χ0) is 14.7. The quantitative estimate of drug-likeness (QED) is 0.924. The highest BCUT2D eigenvalue weighted by Gasteiger charge is 2.35. The van der Waals surface area contributed by atoms with Gasteiger partial charge in [0, 0.05) is 18.3 Å². The molecule has 1 aliphatic carbocycles. The zero-order valence-electron chi connectivity index (χ0n) is 12.9. The molecule has 0 bridgehead atoms. The minimum atomic E-state index is 0.00417. The number of carbonyl (C=O) groups excluding carboxylic acids is 1. The molecule has 1 aliphatic heterocycles. The Hall–Kier alpha value is -1.35. The van der Waals surface area contributed by atoms with Crippen molar-refractivity contribution in [1.82, 2.24) is 5.32 Å². The van der Waals surface area contributed by atoms with Crippen LogP contribution in [0.4, 0.5) is 5.69 Å². The summed E-state index contributed by atoms with van der Waals surface area (Å²) in [5.41, 5.74) is 1.01. The molecule has 3 atom stereocenters. The molecule has 1 aromatic rings. The van der Waals surface area contributed by atoms with E-state index in [2.05, 4.69) is 12.2 Å². The van der Waals surface area contributed by atoms with Crippen LogP contribution in [0.1, 0.15) is 45.4 Å². The summed E-state index contributed by atoms with van der Waals surface area (Å²) in [5, 5.41) is 3.65. The number of nitrogens with zero attached hydrogens (tertiary/aromatic N) is 1. The Bertz CT molecular complexity index is 473. The van der Waals surface area contributed by atoms with Gasteiger partial charge < -0.3 is 10.2 Å². The highest BCUT2D eigenvalue weighted by molar-refractivity contribution is 5.97. The minimum absolute atomic E-state index is 0.00417. The third-order valence-corrected chi connectivity index (χ3v) is 5.10. The van der Waals surface area contributed by atoms with Crippen LogP contribution in [0, 0.1) is 5.92 Å². The Morgan fingerprint density at radius 2 is 1.90 bits per heavy atom. The van der Waals surface area contributed by atoms with Crippen molar-refractivity contribution < 1.29 is 4.79 Å². The molecular formula is C18H26N2O. The van der Waals surface area contributed by atoms with Gasteiger partial charge in [0.05, 0.1) is 6.04 Å². The monoisotopic (exact) mass is 286 g/mol. The van der Waals surface area contributed by atoms with E-state index in [0.717, 1.165) is 24.6 Å². The summed E-state index contributed by atoms with van der Waals surface area (Å²) in [6.45, 7) is 2.78. The smallest absolute Gasteiger partial charge is 0.244 e. The standard InChI is InChI=1S/C18H26N2O/c1-2-20(15-9-4-3-5-10-15)18(21)17-13-12-14-8-6-7-11-16(14)19-17/h3-5,9-10,14,16-17,19H,2,6-8,11-13H2,1H3. The van der Waals surface area contributed by atoms with Gasteiger partial charge in [-0.2, -0.15) is 0 Å². The maximum Gasteiger partial charge on any atom is 0.244 e. The number of likely N-dealkylation sites (N-methyl/N-ethyl adjacent to an activating group) is 1. The van der Waals surface area contributed by atoms with E-state index in [0.29, 0.717) is 6.04 Å². The van der Waals surface area contributed by atoms with Crippen LogP contribution in [-0.2, 0) is 4.79 Å². The number of fused-ring (bicyclic) bond motifs is 1. The predicted molar refractivity (Wildman–Crippen MR) is 86.4 cm³/mol. The van der Waals surface area contributed by atoms with Gasteiger partial charge in [-0.3, -0.25) is 4.79 Å². The molecular weight excluding hydrogens is 260 g/mol. The van der Waals surface area contributed by atoms with Gasteiger partial charge in [0.2, 0.25) is 5.91 Å². The van der Waals surface area contributed by atoms with Crippen LogP contribution < -0.4 is 10.2 Å². The summed E-state index contributed by atoms with van der Waals surface area (Å²) in [6, 6.07) is 10.6. The van der Waals surface area contributed by atoms with E-state index in [9.17, 15) is 4.79 Å². The second-order valence-electron chi connectivity index (χ2n) is 6.37. The van der Waals surface area contributed by atoms with E-state index in [1.165, 1.54) is 32.1 Å². The summed E-state index contributed by atoms with van der Waals surface area (Å²) in [5.74, 6) is 1.04. The Kier molecular flexibility index (Phi) is 4.59. The first-order valence-electron chi connectivity index (χ1n) is 8.42. The topological polar surface area (TPSA) is 32.3 Å². The minimum Gasteiger partial charge on any atom is -0.311 e. The largest absolute Gasteiger partial charge is 0.311 e. The van der Waals surface area contributed by atoms with Crippen LogP contribution in [0.5, 0.6) is 0 Å². The molecule has 0 spiro atoms. The van der Waals surface area contributed by atoms with Gasteiger partial charge in [-0.25, -0.2) is 0 Å². The Labute approximate surface area is 127 Å². The maximum absolute atomic E-state index is 12.9. The number of benzene rings is 1. The molecule has 1 saturated heterocycles. The lowest BCUT2D eigenvalue weighted by atomic mass is 9.77.